The maximum atomic E-state index is 13.0. The van der Waals surface area contributed by atoms with Crippen molar-refractivity contribution in [1.29, 1.82) is 0 Å². The van der Waals surface area contributed by atoms with Crippen LogP contribution in [0.25, 0.3) is 28.2 Å². The summed E-state index contributed by atoms with van der Waals surface area (Å²) in [6.07, 6.45) is 3.51. The highest BCUT2D eigenvalue weighted by Crippen LogP contribution is 2.22. The molecule has 0 radical (unpaired) electrons. The first-order valence-electron chi connectivity index (χ1n) is 10.3. The van der Waals surface area contributed by atoms with Gasteiger partial charge in [0.25, 0.3) is 5.56 Å². The van der Waals surface area contributed by atoms with Crippen LogP contribution < -0.4 is 10.3 Å². The van der Waals surface area contributed by atoms with Gasteiger partial charge in [0.1, 0.15) is 24.1 Å². The van der Waals surface area contributed by atoms with Crippen molar-refractivity contribution in [3.63, 3.8) is 0 Å². The monoisotopic (exact) mass is 460 g/mol. The average Bonchev–Trinajstić information content (AvgIpc) is 3.50. The summed E-state index contributed by atoms with van der Waals surface area (Å²) in [5, 5.41) is 12.7. The van der Waals surface area contributed by atoms with Gasteiger partial charge in [0, 0.05) is 16.0 Å². The summed E-state index contributed by atoms with van der Waals surface area (Å²) in [5.41, 5.74) is 2.49. The van der Waals surface area contributed by atoms with Gasteiger partial charge in [-0.1, -0.05) is 5.16 Å². The molecule has 0 spiro atoms. The van der Waals surface area contributed by atoms with Crippen molar-refractivity contribution in [3.8, 4) is 28.4 Å². The second kappa shape index (κ2) is 8.91. The quantitative estimate of drug-likeness (QED) is 0.338. The molecule has 2 aromatic carbocycles. The number of thioether (sulfide) groups is 1. The Kier molecular flexibility index (Phi) is 5.66. The predicted molar refractivity (Wildman–Crippen MR) is 124 cm³/mol. The van der Waals surface area contributed by atoms with Crippen LogP contribution in [0, 0.1) is 0 Å². The van der Waals surface area contributed by atoms with Crippen LogP contribution in [-0.4, -0.2) is 42.4 Å². The van der Waals surface area contributed by atoms with Crippen LogP contribution in [-0.2, 0) is 6.54 Å². The van der Waals surface area contributed by atoms with Crippen LogP contribution in [0.15, 0.2) is 75.1 Å². The van der Waals surface area contributed by atoms with Crippen molar-refractivity contribution in [2.75, 3.05) is 12.9 Å². The van der Waals surface area contributed by atoms with Gasteiger partial charge in [-0.15, -0.1) is 11.8 Å². The van der Waals surface area contributed by atoms with Crippen molar-refractivity contribution in [3.05, 3.63) is 77.2 Å². The first-order chi connectivity index (χ1) is 16.1. The van der Waals surface area contributed by atoms with E-state index in [0.29, 0.717) is 29.5 Å². The molecule has 0 amide bonds. The zero-order valence-electron chi connectivity index (χ0n) is 18.0. The molecule has 0 N–H and O–H groups in total. The summed E-state index contributed by atoms with van der Waals surface area (Å²) in [6.45, 7) is 2.60. The molecule has 0 aliphatic rings. The molecule has 5 rings (SSSR count). The molecule has 0 aliphatic heterocycles. The molecule has 9 nitrogen and oxygen atoms in total. The molecule has 10 heteroatoms. The number of ether oxygens (including phenoxy) is 1. The smallest absolute Gasteiger partial charge is 0.293 e. The zero-order valence-corrected chi connectivity index (χ0v) is 18.8. The van der Waals surface area contributed by atoms with E-state index in [9.17, 15) is 4.79 Å². The van der Waals surface area contributed by atoms with E-state index in [2.05, 4.69) is 20.3 Å². The Hall–Kier alpha value is -3.92. The fourth-order valence-electron chi connectivity index (χ4n) is 3.38. The summed E-state index contributed by atoms with van der Waals surface area (Å²) in [6, 6.07) is 17.2. The molecular weight excluding hydrogens is 440 g/mol. The lowest BCUT2D eigenvalue weighted by molar-refractivity contribution is 0.340. The van der Waals surface area contributed by atoms with Gasteiger partial charge in [0.05, 0.1) is 12.3 Å². The van der Waals surface area contributed by atoms with E-state index in [-0.39, 0.29) is 12.1 Å². The molecule has 0 fully saturated rings. The Morgan fingerprint density at radius 2 is 1.82 bits per heavy atom. The van der Waals surface area contributed by atoms with Crippen molar-refractivity contribution in [2.45, 2.75) is 18.4 Å². The molecule has 0 saturated heterocycles. The standard InChI is InChI=1S/C23H20N6O3S/c1-3-31-17-8-4-15(5-9-17)19-12-20-23(30)28(24-14-29(20)26-19)13-21-25-22(27-32-21)16-6-10-18(33-2)11-7-16/h4-12,14H,3,13H2,1-2H3. The minimum Gasteiger partial charge on any atom is -0.494 e. The molecule has 0 bridgehead atoms. The highest BCUT2D eigenvalue weighted by molar-refractivity contribution is 7.98. The van der Waals surface area contributed by atoms with E-state index in [1.165, 1.54) is 15.5 Å². The maximum absolute atomic E-state index is 13.0. The van der Waals surface area contributed by atoms with Crippen molar-refractivity contribution in [2.24, 2.45) is 0 Å². The van der Waals surface area contributed by atoms with E-state index in [1.54, 1.807) is 17.8 Å². The average molecular weight is 461 g/mol. The third kappa shape index (κ3) is 4.24. The molecule has 33 heavy (non-hydrogen) atoms. The predicted octanol–water partition coefficient (Wildman–Crippen LogP) is 3.78. The van der Waals surface area contributed by atoms with E-state index >= 15 is 0 Å². The van der Waals surface area contributed by atoms with Crippen LogP contribution in [0.4, 0.5) is 0 Å². The van der Waals surface area contributed by atoms with E-state index in [0.717, 1.165) is 21.8 Å². The number of hydrogen-bond donors (Lipinski definition) is 0. The first-order valence-corrected chi connectivity index (χ1v) is 11.5. The number of aromatic nitrogens is 6. The summed E-state index contributed by atoms with van der Waals surface area (Å²) in [7, 11) is 0. The van der Waals surface area contributed by atoms with Gasteiger partial charge in [-0.25, -0.2) is 9.20 Å². The second-order valence-corrected chi connectivity index (χ2v) is 8.03. The molecule has 5 aromatic rings. The molecule has 0 saturated carbocycles. The van der Waals surface area contributed by atoms with Gasteiger partial charge < -0.3 is 9.26 Å². The molecule has 0 atom stereocenters. The highest BCUT2D eigenvalue weighted by atomic mass is 32.2. The fourth-order valence-corrected chi connectivity index (χ4v) is 3.79. The Balaban J connectivity index is 1.39. The first kappa shape index (κ1) is 21.0. The molecular formula is C23H20N6O3S. The van der Waals surface area contributed by atoms with Crippen LogP contribution in [0.2, 0.25) is 0 Å². The largest absolute Gasteiger partial charge is 0.494 e. The Morgan fingerprint density at radius 1 is 1.06 bits per heavy atom. The Bertz CT molecular complexity index is 1450. The summed E-state index contributed by atoms with van der Waals surface area (Å²) >= 11 is 1.66. The van der Waals surface area contributed by atoms with Gasteiger partial charge in [0.2, 0.25) is 11.7 Å². The third-order valence-electron chi connectivity index (χ3n) is 5.05. The van der Waals surface area contributed by atoms with Crippen LogP contribution >= 0.6 is 11.8 Å². The van der Waals surface area contributed by atoms with Gasteiger partial charge >= 0.3 is 0 Å². The van der Waals surface area contributed by atoms with Gasteiger partial charge in [0.15, 0.2) is 0 Å². The number of nitrogens with zero attached hydrogens (tertiary/aromatic N) is 6. The lowest BCUT2D eigenvalue weighted by atomic mass is 10.1. The molecule has 0 unspecified atom stereocenters. The molecule has 166 valence electrons. The lowest BCUT2D eigenvalue weighted by Crippen LogP contribution is -2.25. The normalized spacial score (nSPS) is 11.2. The van der Waals surface area contributed by atoms with Gasteiger partial charge in [-0.3, -0.25) is 4.79 Å². The number of benzene rings is 2. The van der Waals surface area contributed by atoms with Crippen LogP contribution in [0.1, 0.15) is 12.8 Å². The van der Waals surface area contributed by atoms with Crippen molar-refractivity contribution >= 4 is 17.3 Å². The minimum absolute atomic E-state index is 0.0643. The lowest BCUT2D eigenvalue weighted by Gasteiger charge is -2.02. The Labute approximate surface area is 193 Å². The zero-order chi connectivity index (χ0) is 22.8. The Morgan fingerprint density at radius 3 is 2.55 bits per heavy atom. The molecule has 3 heterocycles. The number of rotatable bonds is 7. The van der Waals surface area contributed by atoms with Crippen LogP contribution in [0.5, 0.6) is 5.75 Å². The molecule has 0 aliphatic carbocycles. The third-order valence-corrected chi connectivity index (χ3v) is 5.80. The fraction of sp³-hybridized carbons (Fsp3) is 0.174. The van der Waals surface area contributed by atoms with Crippen molar-refractivity contribution in [1.82, 2.24) is 29.5 Å². The number of hydrogen-bond acceptors (Lipinski definition) is 8. The summed E-state index contributed by atoms with van der Waals surface area (Å²) in [5.74, 6) is 1.55. The highest BCUT2D eigenvalue weighted by Gasteiger charge is 2.14. The van der Waals surface area contributed by atoms with Gasteiger partial charge in [-0.2, -0.15) is 15.2 Å². The SMILES string of the molecule is CCOc1ccc(-c2cc3c(=O)n(Cc4nc(-c5ccc(SC)cc5)no4)ncn3n2)cc1. The molecule has 3 aromatic heterocycles. The van der Waals surface area contributed by atoms with E-state index in [4.69, 9.17) is 9.26 Å². The topological polar surface area (TPSA) is 100 Å². The minimum atomic E-state index is -0.300. The van der Waals surface area contributed by atoms with Gasteiger partial charge in [-0.05, 0) is 67.8 Å². The van der Waals surface area contributed by atoms with Crippen LogP contribution in [0.3, 0.4) is 0 Å². The summed E-state index contributed by atoms with van der Waals surface area (Å²) < 4.78 is 13.6. The maximum Gasteiger partial charge on any atom is 0.293 e. The second-order valence-electron chi connectivity index (χ2n) is 7.15. The van der Waals surface area contributed by atoms with E-state index in [1.807, 2.05) is 61.7 Å². The summed E-state index contributed by atoms with van der Waals surface area (Å²) in [4.78, 5) is 18.6. The van der Waals surface area contributed by atoms with Crippen molar-refractivity contribution < 1.29 is 9.26 Å². The van der Waals surface area contributed by atoms with E-state index < -0.39 is 0 Å². The number of fused-ring (bicyclic) bond motifs is 1.